The van der Waals surface area contributed by atoms with Crippen LogP contribution in [0.1, 0.15) is 24.5 Å². The van der Waals surface area contributed by atoms with Crippen molar-refractivity contribution in [3.8, 4) is 0 Å². The molecule has 0 aliphatic rings. The number of hydrogen-bond donors (Lipinski definition) is 1. The molecule has 6 heteroatoms. The molecule has 2 aromatic rings. The van der Waals surface area contributed by atoms with Crippen LogP contribution in [0, 0.1) is 12.7 Å². The Bertz CT molecular complexity index is 763. The highest BCUT2D eigenvalue weighted by Gasteiger charge is 2.27. The van der Waals surface area contributed by atoms with Crippen LogP contribution < -0.4 is 5.32 Å². The summed E-state index contributed by atoms with van der Waals surface area (Å²) in [6.45, 7) is 4.15. The van der Waals surface area contributed by atoms with Gasteiger partial charge in [0, 0.05) is 18.5 Å². The lowest BCUT2D eigenvalue weighted by Crippen LogP contribution is -2.48. The Morgan fingerprint density at radius 3 is 2.30 bits per heavy atom. The first kappa shape index (κ1) is 21.0. The second kappa shape index (κ2) is 10.1. The van der Waals surface area contributed by atoms with Gasteiger partial charge in [-0.15, -0.1) is 11.8 Å². The predicted molar refractivity (Wildman–Crippen MR) is 107 cm³/mol. The van der Waals surface area contributed by atoms with Gasteiger partial charge in [-0.05, 0) is 43.2 Å². The molecule has 2 rings (SSSR count). The van der Waals surface area contributed by atoms with Crippen LogP contribution in [0.4, 0.5) is 4.39 Å². The van der Waals surface area contributed by atoms with Crippen LogP contribution in [-0.4, -0.2) is 35.6 Å². The molecule has 0 bridgehead atoms. The molecule has 0 unspecified atom stereocenters. The molecule has 0 fully saturated rings. The lowest BCUT2D eigenvalue weighted by molar-refractivity contribution is -0.139. The van der Waals surface area contributed by atoms with Crippen LogP contribution in [0.3, 0.4) is 0 Å². The molecule has 0 saturated heterocycles. The predicted octanol–water partition coefficient (Wildman–Crippen LogP) is 3.78. The van der Waals surface area contributed by atoms with E-state index in [0.717, 1.165) is 16.0 Å². The molecule has 0 radical (unpaired) electrons. The molecular formula is C21H25FN2O2S. The van der Waals surface area contributed by atoms with Crippen LogP contribution in [0.5, 0.6) is 0 Å². The Morgan fingerprint density at radius 2 is 1.74 bits per heavy atom. The number of carbonyl (C=O) groups is 2. The van der Waals surface area contributed by atoms with Gasteiger partial charge in [-0.1, -0.05) is 36.8 Å². The van der Waals surface area contributed by atoms with Crippen LogP contribution in [0.2, 0.25) is 0 Å². The highest BCUT2D eigenvalue weighted by molar-refractivity contribution is 8.00. The number of halogens is 1. The molecule has 4 nitrogen and oxygen atoms in total. The minimum Gasteiger partial charge on any atom is -0.357 e. The summed E-state index contributed by atoms with van der Waals surface area (Å²) >= 11 is 1.44. The molecule has 1 atom stereocenters. The number of aryl methyl sites for hydroxylation is 1. The van der Waals surface area contributed by atoms with E-state index in [0.29, 0.717) is 6.42 Å². The number of likely N-dealkylation sites (N-methyl/N-ethyl adjacent to an activating group) is 1. The number of benzene rings is 2. The lowest BCUT2D eigenvalue weighted by Gasteiger charge is -2.30. The fourth-order valence-electron chi connectivity index (χ4n) is 2.74. The first-order chi connectivity index (χ1) is 12.9. The third kappa shape index (κ3) is 6.10. The Morgan fingerprint density at radius 1 is 1.11 bits per heavy atom. The second-order valence-corrected chi connectivity index (χ2v) is 7.34. The molecule has 0 aliphatic heterocycles. The van der Waals surface area contributed by atoms with Crippen molar-refractivity contribution in [2.24, 2.45) is 0 Å². The maximum atomic E-state index is 13.2. The minimum absolute atomic E-state index is 0.125. The zero-order valence-corrected chi connectivity index (χ0v) is 16.7. The Balaban J connectivity index is 2.15. The number of hydrogen-bond acceptors (Lipinski definition) is 3. The van der Waals surface area contributed by atoms with Gasteiger partial charge in [-0.2, -0.15) is 0 Å². The first-order valence-electron chi connectivity index (χ1n) is 8.89. The third-order valence-corrected chi connectivity index (χ3v) is 5.28. The molecule has 0 heterocycles. The molecule has 0 aromatic heterocycles. The van der Waals surface area contributed by atoms with E-state index in [1.807, 2.05) is 38.1 Å². The molecule has 2 aromatic carbocycles. The Labute approximate surface area is 164 Å². The van der Waals surface area contributed by atoms with Gasteiger partial charge < -0.3 is 10.2 Å². The van der Waals surface area contributed by atoms with E-state index >= 15 is 0 Å². The van der Waals surface area contributed by atoms with Crippen LogP contribution in [0.25, 0.3) is 0 Å². The van der Waals surface area contributed by atoms with Gasteiger partial charge in [0.25, 0.3) is 0 Å². The molecule has 0 aliphatic carbocycles. The fraction of sp³-hybridized carbons (Fsp3) is 0.333. The van der Waals surface area contributed by atoms with E-state index < -0.39 is 6.04 Å². The Hall–Kier alpha value is -2.34. The summed E-state index contributed by atoms with van der Waals surface area (Å²) in [6.07, 6.45) is 0.502. The summed E-state index contributed by atoms with van der Waals surface area (Å²) in [5.74, 6) is -0.420. The van der Waals surface area contributed by atoms with Gasteiger partial charge >= 0.3 is 0 Å². The van der Waals surface area contributed by atoms with Crippen LogP contribution in [-0.2, 0) is 16.1 Å². The number of rotatable bonds is 8. The van der Waals surface area contributed by atoms with Crippen molar-refractivity contribution >= 4 is 23.6 Å². The lowest BCUT2D eigenvalue weighted by atomic mass is 10.1. The molecule has 0 spiro atoms. The van der Waals surface area contributed by atoms with Crippen molar-refractivity contribution in [3.05, 3.63) is 65.5 Å². The van der Waals surface area contributed by atoms with E-state index in [1.165, 1.54) is 23.9 Å². The fourth-order valence-corrected chi connectivity index (χ4v) is 3.52. The Kier molecular flexibility index (Phi) is 7.85. The van der Waals surface area contributed by atoms with Gasteiger partial charge in [-0.25, -0.2) is 4.39 Å². The van der Waals surface area contributed by atoms with E-state index in [9.17, 15) is 14.0 Å². The van der Waals surface area contributed by atoms with E-state index in [2.05, 4.69) is 5.32 Å². The maximum Gasteiger partial charge on any atom is 0.242 e. The molecular weight excluding hydrogens is 363 g/mol. The average molecular weight is 389 g/mol. The summed E-state index contributed by atoms with van der Waals surface area (Å²) in [6, 6.07) is 13.4. The second-order valence-electron chi connectivity index (χ2n) is 6.29. The normalized spacial score (nSPS) is 11.7. The van der Waals surface area contributed by atoms with Crippen molar-refractivity contribution in [2.75, 3.05) is 12.8 Å². The number of carbonyl (C=O) groups excluding carboxylic acids is 2. The van der Waals surface area contributed by atoms with Gasteiger partial charge in [0.15, 0.2) is 0 Å². The zero-order valence-electron chi connectivity index (χ0n) is 15.9. The largest absolute Gasteiger partial charge is 0.357 e. The molecule has 0 saturated carbocycles. The highest BCUT2D eigenvalue weighted by atomic mass is 32.2. The average Bonchev–Trinajstić information content (AvgIpc) is 2.68. The number of nitrogens with one attached hydrogen (secondary N) is 1. The van der Waals surface area contributed by atoms with Crippen molar-refractivity contribution in [1.82, 2.24) is 10.2 Å². The van der Waals surface area contributed by atoms with Crippen molar-refractivity contribution in [2.45, 2.75) is 37.8 Å². The summed E-state index contributed by atoms with van der Waals surface area (Å²) in [5, 5.41) is 2.63. The van der Waals surface area contributed by atoms with Crippen LogP contribution >= 0.6 is 11.8 Å². The number of thioether (sulfide) groups is 1. The summed E-state index contributed by atoms with van der Waals surface area (Å²) < 4.78 is 13.2. The molecule has 144 valence electrons. The maximum absolute atomic E-state index is 13.2. The topological polar surface area (TPSA) is 49.4 Å². The van der Waals surface area contributed by atoms with E-state index in [4.69, 9.17) is 0 Å². The SMILES string of the molecule is CC[C@@H](C(=O)NC)N(Cc1ccc(F)cc1)C(=O)CSc1ccc(C)cc1. The van der Waals surface area contributed by atoms with Gasteiger partial charge in [0.2, 0.25) is 11.8 Å². The number of nitrogens with zero attached hydrogens (tertiary/aromatic N) is 1. The quantitative estimate of drug-likeness (QED) is 0.700. The molecule has 2 amide bonds. The van der Waals surface area contributed by atoms with Crippen molar-refractivity contribution < 1.29 is 14.0 Å². The van der Waals surface area contributed by atoms with Crippen LogP contribution in [0.15, 0.2) is 53.4 Å². The van der Waals surface area contributed by atoms with Crippen molar-refractivity contribution in [3.63, 3.8) is 0 Å². The van der Waals surface area contributed by atoms with Gasteiger partial charge in [0.1, 0.15) is 11.9 Å². The van der Waals surface area contributed by atoms with E-state index in [-0.39, 0.29) is 29.9 Å². The van der Waals surface area contributed by atoms with E-state index in [1.54, 1.807) is 24.1 Å². The first-order valence-corrected chi connectivity index (χ1v) is 9.88. The summed E-state index contributed by atoms with van der Waals surface area (Å²) in [5.41, 5.74) is 1.95. The summed E-state index contributed by atoms with van der Waals surface area (Å²) in [4.78, 5) is 27.8. The molecule has 1 N–H and O–H groups in total. The monoisotopic (exact) mass is 388 g/mol. The minimum atomic E-state index is -0.564. The van der Waals surface area contributed by atoms with Gasteiger partial charge in [0.05, 0.1) is 5.75 Å². The van der Waals surface area contributed by atoms with Crippen molar-refractivity contribution in [1.29, 1.82) is 0 Å². The zero-order chi connectivity index (χ0) is 19.8. The standard InChI is InChI=1S/C21H25FN2O2S/c1-4-19(21(26)23-3)24(13-16-7-9-17(22)10-8-16)20(25)14-27-18-11-5-15(2)6-12-18/h5-12,19H,4,13-14H2,1-3H3,(H,23,26)/t19-/m0/s1. The molecule has 27 heavy (non-hydrogen) atoms. The summed E-state index contributed by atoms with van der Waals surface area (Å²) in [7, 11) is 1.56. The third-order valence-electron chi connectivity index (χ3n) is 4.28. The highest BCUT2D eigenvalue weighted by Crippen LogP contribution is 2.21. The smallest absolute Gasteiger partial charge is 0.242 e. The van der Waals surface area contributed by atoms with Gasteiger partial charge in [-0.3, -0.25) is 9.59 Å². The number of amides is 2.